The summed E-state index contributed by atoms with van der Waals surface area (Å²) in [5.41, 5.74) is 8.42. The monoisotopic (exact) mass is 335 g/mol. The number of anilines is 2. The Hall–Kier alpha value is -3.42. The van der Waals surface area contributed by atoms with Crippen LogP contribution in [0.15, 0.2) is 47.3 Å². The van der Waals surface area contributed by atoms with E-state index < -0.39 is 0 Å². The first kappa shape index (κ1) is 15.1. The lowest BCUT2D eigenvalue weighted by Crippen LogP contribution is -2.08. The lowest BCUT2D eigenvalue weighted by molar-refractivity contribution is 0.479. The number of rotatable bonds is 5. The number of hydrogen-bond acceptors (Lipinski definition) is 7. The molecule has 0 atom stereocenters. The minimum atomic E-state index is 0.217. The fraction of sp³-hybridized carbons (Fsp3) is 0.176. The first-order valence-corrected chi connectivity index (χ1v) is 7.86. The van der Waals surface area contributed by atoms with Crippen LogP contribution in [0.4, 0.5) is 11.8 Å². The average Bonchev–Trinajstić information content (AvgIpc) is 3.20. The van der Waals surface area contributed by atoms with Gasteiger partial charge >= 0.3 is 0 Å². The van der Waals surface area contributed by atoms with Crippen molar-refractivity contribution in [2.24, 2.45) is 0 Å². The van der Waals surface area contributed by atoms with E-state index in [0.717, 1.165) is 22.5 Å². The number of hydrogen-bond donors (Lipinski definition) is 2. The fourth-order valence-electron chi connectivity index (χ4n) is 2.69. The molecule has 0 fully saturated rings. The molecule has 0 unspecified atom stereocenters. The summed E-state index contributed by atoms with van der Waals surface area (Å²) < 4.78 is 7.53. The second kappa shape index (κ2) is 6.23. The van der Waals surface area contributed by atoms with Gasteiger partial charge in [-0.05, 0) is 25.1 Å². The molecular formula is C17H17N7O. The Labute approximate surface area is 143 Å². The molecule has 4 rings (SSSR count). The van der Waals surface area contributed by atoms with Gasteiger partial charge in [-0.25, -0.2) is 9.97 Å². The number of fused-ring (bicyclic) bond motifs is 1. The molecule has 0 amide bonds. The van der Waals surface area contributed by atoms with E-state index in [1.165, 1.54) is 0 Å². The molecule has 0 aliphatic rings. The zero-order valence-corrected chi connectivity index (χ0v) is 13.7. The summed E-state index contributed by atoms with van der Waals surface area (Å²) in [6, 6.07) is 7.75. The third kappa shape index (κ3) is 3.14. The van der Waals surface area contributed by atoms with Gasteiger partial charge < -0.3 is 20.0 Å². The van der Waals surface area contributed by atoms with Gasteiger partial charge in [0, 0.05) is 12.4 Å². The van der Waals surface area contributed by atoms with Crippen molar-refractivity contribution in [3.05, 3.63) is 60.2 Å². The van der Waals surface area contributed by atoms with Crippen LogP contribution in [0.3, 0.4) is 0 Å². The van der Waals surface area contributed by atoms with Gasteiger partial charge in [-0.3, -0.25) is 4.98 Å². The third-order valence-corrected chi connectivity index (χ3v) is 3.76. The molecule has 3 N–H and O–H groups in total. The summed E-state index contributed by atoms with van der Waals surface area (Å²) in [5, 5.41) is 3.24. The molecule has 0 aliphatic heterocycles. The number of pyridine rings is 1. The van der Waals surface area contributed by atoms with E-state index in [9.17, 15) is 0 Å². The van der Waals surface area contributed by atoms with Crippen LogP contribution in [-0.4, -0.2) is 24.5 Å². The van der Waals surface area contributed by atoms with E-state index in [-0.39, 0.29) is 5.95 Å². The minimum Gasteiger partial charge on any atom is -0.444 e. The maximum absolute atomic E-state index is 5.84. The summed E-state index contributed by atoms with van der Waals surface area (Å²) in [5.74, 6) is 2.21. The van der Waals surface area contributed by atoms with E-state index >= 15 is 0 Å². The van der Waals surface area contributed by atoms with Gasteiger partial charge in [-0.1, -0.05) is 6.07 Å². The van der Waals surface area contributed by atoms with Crippen LogP contribution < -0.4 is 11.1 Å². The highest BCUT2D eigenvalue weighted by Gasteiger charge is 2.13. The van der Waals surface area contributed by atoms with Gasteiger partial charge in [-0.2, -0.15) is 4.98 Å². The van der Waals surface area contributed by atoms with E-state index in [1.807, 2.05) is 42.0 Å². The zero-order chi connectivity index (χ0) is 17.2. The standard InChI is InChI=1S/C17H17N7O/c1-11-8-20-14(25-11)9-21-16-15-13(22-17(18)23-16)5-7-24(15)10-12-4-2-3-6-19-12/h2-8H,9-10H2,1H3,(H3,18,21,22,23). The minimum absolute atomic E-state index is 0.217. The van der Waals surface area contributed by atoms with Gasteiger partial charge in [0.25, 0.3) is 0 Å². The maximum atomic E-state index is 5.84. The van der Waals surface area contributed by atoms with Gasteiger partial charge in [0.1, 0.15) is 11.3 Å². The topological polar surface area (TPSA) is 108 Å². The Bertz CT molecular complexity index is 1010. The highest BCUT2D eigenvalue weighted by molar-refractivity contribution is 5.87. The number of nitrogen functional groups attached to an aromatic ring is 1. The number of aromatic nitrogens is 5. The molecule has 0 saturated heterocycles. The van der Waals surface area contributed by atoms with Crippen molar-refractivity contribution in [1.29, 1.82) is 0 Å². The summed E-state index contributed by atoms with van der Waals surface area (Å²) >= 11 is 0. The van der Waals surface area contributed by atoms with Crippen molar-refractivity contribution >= 4 is 22.8 Å². The third-order valence-electron chi connectivity index (χ3n) is 3.76. The Kier molecular flexibility index (Phi) is 3.77. The van der Waals surface area contributed by atoms with Crippen molar-refractivity contribution in [1.82, 2.24) is 24.5 Å². The molecule has 4 aromatic rings. The van der Waals surface area contributed by atoms with Crippen LogP contribution in [0.25, 0.3) is 11.0 Å². The summed E-state index contributed by atoms with van der Waals surface area (Å²) in [7, 11) is 0. The van der Waals surface area contributed by atoms with Crippen LogP contribution in [0.5, 0.6) is 0 Å². The predicted octanol–water partition coefficient (Wildman–Crippen LogP) is 2.37. The van der Waals surface area contributed by atoms with Crippen LogP contribution in [0.1, 0.15) is 17.3 Å². The molecule has 0 spiro atoms. The molecule has 0 saturated carbocycles. The number of aryl methyl sites for hydroxylation is 1. The van der Waals surface area contributed by atoms with E-state index in [2.05, 4.69) is 25.3 Å². The van der Waals surface area contributed by atoms with Crippen molar-refractivity contribution in [3.63, 3.8) is 0 Å². The molecule has 4 heterocycles. The SMILES string of the molecule is Cc1cnc(CNc2nc(N)nc3ccn(Cc4ccccn4)c23)o1. The smallest absolute Gasteiger partial charge is 0.222 e. The lowest BCUT2D eigenvalue weighted by atomic mass is 10.3. The molecule has 0 bridgehead atoms. The van der Waals surface area contributed by atoms with Crippen LogP contribution in [0.2, 0.25) is 0 Å². The van der Waals surface area contributed by atoms with Crippen LogP contribution in [0, 0.1) is 6.92 Å². The molecule has 8 heteroatoms. The van der Waals surface area contributed by atoms with Gasteiger partial charge in [0.05, 0.1) is 30.5 Å². The second-order valence-corrected chi connectivity index (χ2v) is 5.65. The van der Waals surface area contributed by atoms with Gasteiger partial charge in [0.15, 0.2) is 5.82 Å². The number of nitrogens with zero attached hydrogens (tertiary/aromatic N) is 5. The predicted molar refractivity (Wildman–Crippen MR) is 93.8 cm³/mol. The van der Waals surface area contributed by atoms with Crippen molar-refractivity contribution in [3.8, 4) is 0 Å². The number of nitrogens with one attached hydrogen (secondary N) is 1. The molecule has 126 valence electrons. The first-order valence-electron chi connectivity index (χ1n) is 7.86. The number of oxazole rings is 1. The summed E-state index contributed by atoms with van der Waals surface area (Å²) in [4.78, 5) is 17.2. The first-order chi connectivity index (χ1) is 12.2. The normalized spacial score (nSPS) is 11.1. The molecular weight excluding hydrogens is 318 g/mol. The fourth-order valence-corrected chi connectivity index (χ4v) is 2.69. The molecule has 8 nitrogen and oxygen atoms in total. The second-order valence-electron chi connectivity index (χ2n) is 5.65. The highest BCUT2D eigenvalue weighted by atomic mass is 16.4. The average molecular weight is 335 g/mol. The van der Waals surface area contributed by atoms with Crippen LogP contribution in [-0.2, 0) is 13.1 Å². The zero-order valence-electron chi connectivity index (χ0n) is 13.7. The van der Waals surface area contributed by atoms with E-state index in [1.54, 1.807) is 12.4 Å². The quantitative estimate of drug-likeness (QED) is 0.576. The molecule has 0 radical (unpaired) electrons. The molecule has 0 aliphatic carbocycles. The van der Waals surface area contributed by atoms with Crippen LogP contribution >= 0.6 is 0 Å². The Morgan fingerprint density at radius 1 is 1.20 bits per heavy atom. The lowest BCUT2D eigenvalue weighted by Gasteiger charge is -2.10. The maximum Gasteiger partial charge on any atom is 0.222 e. The highest BCUT2D eigenvalue weighted by Crippen LogP contribution is 2.24. The largest absolute Gasteiger partial charge is 0.444 e. The Balaban J connectivity index is 1.68. The van der Waals surface area contributed by atoms with Crippen molar-refractivity contribution in [2.45, 2.75) is 20.0 Å². The van der Waals surface area contributed by atoms with Gasteiger partial charge in [-0.15, -0.1) is 0 Å². The molecule has 25 heavy (non-hydrogen) atoms. The Morgan fingerprint density at radius 3 is 2.88 bits per heavy atom. The van der Waals surface area contributed by atoms with Gasteiger partial charge in [0.2, 0.25) is 11.8 Å². The Morgan fingerprint density at radius 2 is 2.12 bits per heavy atom. The summed E-state index contributed by atoms with van der Waals surface area (Å²) in [6.07, 6.45) is 5.41. The van der Waals surface area contributed by atoms with Crippen molar-refractivity contribution in [2.75, 3.05) is 11.1 Å². The van der Waals surface area contributed by atoms with Crippen molar-refractivity contribution < 1.29 is 4.42 Å². The van der Waals surface area contributed by atoms with E-state index in [4.69, 9.17) is 10.2 Å². The summed E-state index contributed by atoms with van der Waals surface area (Å²) in [6.45, 7) is 2.88. The van der Waals surface area contributed by atoms with E-state index in [0.29, 0.717) is 24.8 Å². The molecule has 4 aromatic heterocycles. The molecule has 0 aromatic carbocycles. The number of nitrogens with two attached hydrogens (primary N) is 1.